The van der Waals surface area contributed by atoms with Crippen molar-refractivity contribution in [3.63, 3.8) is 0 Å². The van der Waals surface area contributed by atoms with Crippen LogP contribution in [0.4, 0.5) is 0 Å². The number of alkyl halides is 1. The van der Waals surface area contributed by atoms with Crippen molar-refractivity contribution in [3.8, 4) is 0 Å². The van der Waals surface area contributed by atoms with Gasteiger partial charge in [0.15, 0.2) is 5.00 Å². The molecule has 1 aromatic rings. The summed E-state index contributed by atoms with van der Waals surface area (Å²) in [6, 6.07) is 8.90. The molecule has 1 saturated carbocycles. The maximum Gasteiger partial charge on any atom is 0.157 e. The summed E-state index contributed by atoms with van der Waals surface area (Å²) in [6.45, 7) is 4.93. The van der Waals surface area contributed by atoms with Crippen LogP contribution in [0.25, 0.3) is 0 Å². The van der Waals surface area contributed by atoms with Gasteiger partial charge in [0.05, 0.1) is 6.61 Å². The molecule has 0 bridgehead atoms. The van der Waals surface area contributed by atoms with E-state index in [0.29, 0.717) is 12.5 Å². The lowest BCUT2D eigenvalue weighted by molar-refractivity contribution is 0.237. The number of ether oxygens (including phenoxy) is 1. The molecule has 2 aliphatic rings. The summed E-state index contributed by atoms with van der Waals surface area (Å²) < 4.78 is 5.50. The van der Waals surface area contributed by atoms with Crippen LogP contribution in [0.1, 0.15) is 82.3 Å². The molecule has 0 saturated heterocycles. The number of rotatable bonds is 8. The highest BCUT2D eigenvalue weighted by Gasteiger charge is 2.28. The standard InChI is InChI=1S/C24H34ClNO/c1-3-5-6-7-19-8-10-20(11-9-19)21-12-14-22(15-13-21)24(25)17-16-23(18-26-24)27-4-2/h12-20,26H,3-11H2,1-2H3/t19-,20-,24?. The Bertz CT molecular complexity index is 643. The van der Waals surface area contributed by atoms with Crippen molar-refractivity contribution >= 4 is 11.6 Å². The van der Waals surface area contributed by atoms with Crippen LogP contribution >= 0.6 is 11.6 Å². The molecule has 0 radical (unpaired) electrons. The highest BCUT2D eigenvalue weighted by molar-refractivity contribution is 6.25. The number of allylic oxidation sites excluding steroid dienone is 1. The number of hydrogen-bond donors (Lipinski definition) is 1. The van der Waals surface area contributed by atoms with Crippen LogP contribution < -0.4 is 5.32 Å². The van der Waals surface area contributed by atoms with E-state index in [4.69, 9.17) is 16.3 Å². The normalized spacial score (nSPS) is 27.7. The van der Waals surface area contributed by atoms with Gasteiger partial charge in [-0.15, -0.1) is 0 Å². The smallest absolute Gasteiger partial charge is 0.157 e. The van der Waals surface area contributed by atoms with Crippen molar-refractivity contribution < 1.29 is 4.74 Å². The van der Waals surface area contributed by atoms with Crippen molar-refractivity contribution in [2.75, 3.05) is 6.61 Å². The van der Waals surface area contributed by atoms with Crippen LogP contribution in [0.3, 0.4) is 0 Å². The molecule has 148 valence electrons. The summed E-state index contributed by atoms with van der Waals surface area (Å²) >= 11 is 6.79. The Morgan fingerprint density at radius 3 is 2.41 bits per heavy atom. The average Bonchev–Trinajstić information content (AvgIpc) is 2.71. The fourth-order valence-corrected chi connectivity index (χ4v) is 4.61. The largest absolute Gasteiger partial charge is 0.492 e. The molecule has 1 aliphatic heterocycles. The van der Waals surface area contributed by atoms with Gasteiger partial charge in [-0.3, -0.25) is 0 Å². The van der Waals surface area contributed by atoms with E-state index in [1.807, 2.05) is 25.3 Å². The molecule has 27 heavy (non-hydrogen) atoms. The van der Waals surface area contributed by atoms with Crippen LogP contribution in [0.15, 0.2) is 48.4 Å². The molecule has 1 fully saturated rings. The molecule has 1 aliphatic carbocycles. The Morgan fingerprint density at radius 1 is 1.07 bits per heavy atom. The summed E-state index contributed by atoms with van der Waals surface area (Å²) in [6.07, 6.45) is 16.8. The highest BCUT2D eigenvalue weighted by atomic mass is 35.5. The zero-order valence-corrected chi connectivity index (χ0v) is 17.6. The molecule has 1 heterocycles. The first kappa shape index (κ1) is 20.3. The first-order valence-electron chi connectivity index (χ1n) is 10.7. The zero-order valence-electron chi connectivity index (χ0n) is 16.8. The Hall–Kier alpha value is -1.41. The quantitative estimate of drug-likeness (QED) is 0.295. The monoisotopic (exact) mass is 387 g/mol. The van der Waals surface area contributed by atoms with Gasteiger partial charge >= 0.3 is 0 Å². The number of halogens is 1. The summed E-state index contributed by atoms with van der Waals surface area (Å²) in [5.74, 6) is 2.49. The molecule has 2 nitrogen and oxygen atoms in total. The van der Waals surface area contributed by atoms with Crippen molar-refractivity contribution in [3.05, 3.63) is 59.5 Å². The van der Waals surface area contributed by atoms with Crippen molar-refractivity contribution in [1.29, 1.82) is 0 Å². The van der Waals surface area contributed by atoms with E-state index in [1.165, 1.54) is 56.9 Å². The van der Waals surface area contributed by atoms with Crippen LogP contribution in [0.2, 0.25) is 0 Å². The van der Waals surface area contributed by atoms with E-state index in [-0.39, 0.29) is 0 Å². The van der Waals surface area contributed by atoms with Crippen LogP contribution in [0, 0.1) is 5.92 Å². The molecule has 1 atom stereocenters. The second-order valence-corrected chi connectivity index (χ2v) is 8.60. The minimum absolute atomic E-state index is 0.655. The third-order valence-corrected chi connectivity index (χ3v) is 6.53. The fourth-order valence-electron chi connectivity index (χ4n) is 4.37. The van der Waals surface area contributed by atoms with E-state index in [0.717, 1.165) is 17.2 Å². The van der Waals surface area contributed by atoms with Gasteiger partial charge in [-0.1, -0.05) is 68.5 Å². The first-order valence-corrected chi connectivity index (χ1v) is 11.1. The predicted octanol–water partition coefficient (Wildman–Crippen LogP) is 6.97. The maximum atomic E-state index is 6.79. The van der Waals surface area contributed by atoms with E-state index >= 15 is 0 Å². The molecule has 3 rings (SSSR count). The van der Waals surface area contributed by atoms with Crippen LogP contribution in [0.5, 0.6) is 0 Å². The molecular weight excluding hydrogens is 354 g/mol. The number of nitrogens with one attached hydrogen (secondary N) is 1. The van der Waals surface area contributed by atoms with Crippen LogP contribution in [-0.2, 0) is 9.73 Å². The average molecular weight is 388 g/mol. The van der Waals surface area contributed by atoms with Gasteiger partial charge < -0.3 is 10.1 Å². The molecule has 0 aromatic heterocycles. The summed E-state index contributed by atoms with van der Waals surface area (Å²) in [4.78, 5) is -0.684. The lowest BCUT2D eigenvalue weighted by atomic mass is 9.77. The Kier molecular flexibility index (Phi) is 7.29. The second-order valence-electron chi connectivity index (χ2n) is 8.00. The minimum Gasteiger partial charge on any atom is -0.492 e. The number of dihydropyridines is 1. The van der Waals surface area contributed by atoms with E-state index < -0.39 is 5.00 Å². The van der Waals surface area contributed by atoms with Crippen molar-refractivity contribution in [2.45, 2.75) is 76.1 Å². The second kappa shape index (κ2) is 9.68. The van der Waals surface area contributed by atoms with Crippen molar-refractivity contribution in [2.24, 2.45) is 5.92 Å². The maximum absolute atomic E-state index is 6.79. The Labute approximate surface area is 170 Å². The number of hydrogen-bond acceptors (Lipinski definition) is 2. The van der Waals surface area contributed by atoms with Gasteiger partial charge in [-0.05, 0) is 67.7 Å². The number of benzene rings is 1. The Balaban J connectivity index is 1.55. The SMILES string of the molecule is CCCCC[C@H]1CC[C@H](c2ccc(C3(Cl)C=CC(OCC)=CN3)cc2)CC1. The fraction of sp³-hybridized carbons (Fsp3) is 0.583. The number of unbranched alkanes of at least 4 members (excludes halogenated alkanes) is 2. The van der Waals surface area contributed by atoms with Gasteiger partial charge in [-0.25, -0.2) is 0 Å². The minimum atomic E-state index is -0.684. The summed E-state index contributed by atoms with van der Waals surface area (Å²) in [5, 5.41) is 3.27. The van der Waals surface area contributed by atoms with Gasteiger partial charge in [0, 0.05) is 6.20 Å². The van der Waals surface area contributed by atoms with E-state index in [2.05, 4.69) is 36.5 Å². The third kappa shape index (κ3) is 5.31. The lowest BCUT2D eigenvalue weighted by Crippen LogP contribution is -2.33. The van der Waals surface area contributed by atoms with Gasteiger partial charge in [0.1, 0.15) is 5.76 Å². The van der Waals surface area contributed by atoms with Crippen LogP contribution in [-0.4, -0.2) is 6.61 Å². The highest BCUT2D eigenvalue weighted by Crippen LogP contribution is 2.39. The molecule has 0 spiro atoms. The molecule has 1 N–H and O–H groups in total. The molecule has 1 unspecified atom stereocenters. The van der Waals surface area contributed by atoms with Gasteiger partial charge in [-0.2, -0.15) is 0 Å². The molecule has 1 aromatic carbocycles. The summed E-state index contributed by atoms with van der Waals surface area (Å²) in [7, 11) is 0. The van der Waals surface area contributed by atoms with Gasteiger partial charge in [0.2, 0.25) is 0 Å². The Morgan fingerprint density at radius 2 is 1.81 bits per heavy atom. The molecular formula is C24H34ClNO. The lowest BCUT2D eigenvalue weighted by Gasteiger charge is -2.30. The first-order chi connectivity index (χ1) is 13.1. The topological polar surface area (TPSA) is 21.3 Å². The third-order valence-electron chi connectivity index (χ3n) is 6.08. The summed E-state index contributed by atoms with van der Waals surface area (Å²) in [5.41, 5.74) is 2.54. The van der Waals surface area contributed by atoms with E-state index in [9.17, 15) is 0 Å². The van der Waals surface area contributed by atoms with Crippen molar-refractivity contribution in [1.82, 2.24) is 5.32 Å². The molecule has 0 amide bonds. The zero-order chi connectivity index (χ0) is 19.1. The van der Waals surface area contributed by atoms with Gasteiger partial charge in [0.25, 0.3) is 0 Å². The van der Waals surface area contributed by atoms with E-state index in [1.54, 1.807) is 0 Å². The predicted molar refractivity (Wildman–Crippen MR) is 115 cm³/mol. The molecule has 3 heteroatoms.